The molecule has 1 N–H and O–H groups in total. The maximum absolute atomic E-state index is 12.5. The maximum Gasteiger partial charge on any atom is 0.229 e. The second-order valence-corrected chi connectivity index (χ2v) is 6.82. The molecule has 0 atom stereocenters. The van der Waals surface area contributed by atoms with Gasteiger partial charge >= 0.3 is 0 Å². The summed E-state index contributed by atoms with van der Waals surface area (Å²) in [7, 11) is 1.63. The van der Waals surface area contributed by atoms with Gasteiger partial charge in [-0.25, -0.2) is 9.97 Å². The van der Waals surface area contributed by atoms with E-state index in [-0.39, 0.29) is 12.3 Å². The SMILES string of the molecule is COc1ccc(-c2cnc(NC(=O)Cc3ccc4ccccc4c3)c(C)n2)cc1. The van der Waals surface area contributed by atoms with Crippen molar-refractivity contribution < 1.29 is 9.53 Å². The minimum Gasteiger partial charge on any atom is -0.497 e. The van der Waals surface area contributed by atoms with Crippen molar-refractivity contribution in [2.75, 3.05) is 12.4 Å². The van der Waals surface area contributed by atoms with Crippen molar-refractivity contribution in [3.63, 3.8) is 0 Å². The maximum atomic E-state index is 12.5. The van der Waals surface area contributed by atoms with Crippen LogP contribution in [0, 0.1) is 6.92 Å². The molecule has 5 heteroatoms. The van der Waals surface area contributed by atoms with Crippen molar-refractivity contribution in [2.45, 2.75) is 13.3 Å². The summed E-state index contributed by atoms with van der Waals surface area (Å²) in [6, 6.07) is 21.8. The number of rotatable bonds is 5. The summed E-state index contributed by atoms with van der Waals surface area (Å²) in [5.41, 5.74) is 3.32. The van der Waals surface area contributed by atoms with Crippen molar-refractivity contribution in [3.8, 4) is 17.0 Å². The van der Waals surface area contributed by atoms with Gasteiger partial charge in [0.15, 0.2) is 5.82 Å². The number of amides is 1. The molecule has 0 bridgehead atoms. The van der Waals surface area contributed by atoms with Gasteiger partial charge in [0.2, 0.25) is 5.91 Å². The number of aromatic nitrogens is 2. The number of hydrogen-bond donors (Lipinski definition) is 1. The van der Waals surface area contributed by atoms with E-state index in [9.17, 15) is 4.79 Å². The van der Waals surface area contributed by atoms with Gasteiger partial charge in [0.25, 0.3) is 0 Å². The molecule has 0 saturated heterocycles. The molecule has 1 amide bonds. The summed E-state index contributed by atoms with van der Waals surface area (Å²) >= 11 is 0. The van der Waals surface area contributed by atoms with Crippen molar-refractivity contribution >= 4 is 22.5 Å². The molecule has 5 nitrogen and oxygen atoms in total. The van der Waals surface area contributed by atoms with Gasteiger partial charge < -0.3 is 10.1 Å². The summed E-state index contributed by atoms with van der Waals surface area (Å²) in [6.07, 6.45) is 1.95. The summed E-state index contributed by atoms with van der Waals surface area (Å²) in [4.78, 5) is 21.5. The Morgan fingerprint density at radius 2 is 1.76 bits per heavy atom. The first-order chi connectivity index (χ1) is 14.1. The van der Waals surface area contributed by atoms with Crippen LogP contribution in [0.15, 0.2) is 72.9 Å². The number of ether oxygens (including phenoxy) is 1. The summed E-state index contributed by atoms with van der Waals surface area (Å²) in [5, 5.41) is 5.15. The number of carbonyl (C=O) groups is 1. The van der Waals surface area contributed by atoms with Crippen molar-refractivity contribution in [1.82, 2.24) is 9.97 Å². The predicted molar refractivity (Wildman–Crippen MR) is 115 cm³/mol. The Labute approximate surface area is 169 Å². The lowest BCUT2D eigenvalue weighted by molar-refractivity contribution is -0.115. The van der Waals surface area contributed by atoms with Crippen LogP contribution >= 0.6 is 0 Å². The Kier molecular flexibility index (Phi) is 5.20. The van der Waals surface area contributed by atoms with Crippen LogP contribution in [0.25, 0.3) is 22.0 Å². The van der Waals surface area contributed by atoms with Gasteiger partial charge in [-0.2, -0.15) is 0 Å². The Hall–Kier alpha value is -3.73. The van der Waals surface area contributed by atoms with Gasteiger partial charge in [-0.15, -0.1) is 0 Å². The van der Waals surface area contributed by atoms with E-state index in [0.717, 1.165) is 33.3 Å². The number of hydrogen-bond acceptors (Lipinski definition) is 4. The molecule has 4 rings (SSSR count). The second-order valence-electron chi connectivity index (χ2n) is 6.82. The minimum atomic E-state index is -0.116. The Balaban J connectivity index is 1.47. The van der Waals surface area contributed by atoms with Crippen LogP contribution in [0.4, 0.5) is 5.82 Å². The number of aryl methyl sites for hydroxylation is 1. The molecule has 4 aromatic rings. The molecular weight excluding hydrogens is 362 g/mol. The van der Waals surface area contributed by atoms with Crippen molar-refractivity contribution in [2.24, 2.45) is 0 Å². The van der Waals surface area contributed by atoms with E-state index < -0.39 is 0 Å². The van der Waals surface area contributed by atoms with Crippen LogP contribution in [0.5, 0.6) is 5.75 Å². The fourth-order valence-electron chi connectivity index (χ4n) is 3.22. The standard InChI is InChI=1S/C24H21N3O2/c1-16-24(25-15-22(26-16)19-9-11-21(29-2)12-10-19)27-23(28)14-17-7-8-18-5-3-4-6-20(18)13-17/h3-13,15H,14H2,1-2H3,(H,25,27,28). The molecule has 0 aliphatic heterocycles. The van der Waals surface area contributed by atoms with Crippen LogP contribution in [0.2, 0.25) is 0 Å². The number of carbonyl (C=O) groups excluding carboxylic acids is 1. The largest absolute Gasteiger partial charge is 0.497 e. The fourth-order valence-corrected chi connectivity index (χ4v) is 3.22. The third-order valence-electron chi connectivity index (χ3n) is 4.77. The van der Waals surface area contributed by atoms with E-state index >= 15 is 0 Å². The molecule has 1 aromatic heterocycles. The number of anilines is 1. The average Bonchev–Trinajstić information content (AvgIpc) is 2.75. The van der Waals surface area contributed by atoms with Crippen LogP contribution in [0.1, 0.15) is 11.3 Å². The van der Waals surface area contributed by atoms with E-state index in [4.69, 9.17) is 4.74 Å². The average molecular weight is 383 g/mol. The smallest absolute Gasteiger partial charge is 0.229 e. The van der Waals surface area contributed by atoms with Gasteiger partial charge in [0.1, 0.15) is 5.75 Å². The lowest BCUT2D eigenvalue weighted by Crippen LogP contribution is -2.16. The van der Waals surface area contributed by atoms with E-state index in [1.807, 2.05) is 67.6 Å². The van der Waals surface area contributed by atoms with E-state index in [1.165, 1.54) is 0 Å². The highest BCUT2D eigenvalue weighted by Gasteiger charge is 2.10. The normalized spacial score (nSPS) is 10.7. The van der Waals surface area contributed by atoms with Gasteiger partial charge in [-0.3, -0.25) is 4.79 Å². The van der Waals surface area contributed by atoms with Crippen LogP contribution in [-0.4, -0.2) is 23.0 Å². The number of benzene rings is 3. The lowest BCUT2D eigenvalue weighted by atomic mass is 10.0. The summed E-state index contributed by atoms with van der Waals surface area (Å²) < 4.78 is 5.18. The van der Waals surface area contributed by atoms with Crippen molar-refractivity contribution in [3.05, 3.63) is 84.2 Å². The molecule has 0 saturated carbocycles. The number of nitrogens with one attached hydrogen (secondary N) is 1. The first-order valence-electron chi connectivity index (χ1n) is 9.38. The first kappa shape index (κ1) is 18.6. The molecular formula is C24H21N3O2. The molecule has 0 radical (unpaired) electrons. The molecule has 0 aliphatic carbocycles. The Morgan fingerprint density at radius 1 is 1.00 bits per heavy atom. The zero-order valence-electron chi connectivity index (χ0n) is 16.3. The zero-order valence-corrected chi connectivity index (χ0v) is 16.3. The molecule has 1 heterocycles. The van der Waals surface area contributed by atoms with Crippen molar-refractivity contribution in [1.29, 1.82) is 0 Å². The fraction of sp³-hybridized carbons (Fsp3) is 0.125. The Morgan fingerprint density at radius 3 is 2.48 bits per heavy atom. The molecule has 0 fully saturated rings. The van der Waals surface area contributed by atoms with Gasteiger partial charge in [0, 0.05) is 5.56 Å². The van der Waals surface area contributed by atoms with Crippen LogP contribution in [-0.2, 0) is 11.2 Å². The molecule has 0 aliphatic rings. The quantitative estimate of drug-likeness (QED) is 0.538. The van der Waals surface area contributed by atoms with Gasteiger partial charge in [-0.1, -0.05) is 42.5 Å². The van der Waals surface area contributed by atoms with Gasteiger partial charge in [0.05, 0.1) is 31.1 Å². The number of fused-ring (bicyclic) bond motifs is 1. The van der Waals surface area contributed by atoms with E-state index in [2.05, 4.69) is 21.4 Å². The highest BCUT2D eigenvalue weighted by Crippen LogP contribution is 2.22. The lowest BCUT2D eigenvalue weighted by Gasteiger charge is -2.09. The number of methoxy groups -OCH3 is 1. The first-order valence-corrected chi connectivity index (χ1v) is 9.38. The van der Waals surface area contributed by atoms with Crippen LogP contribution < -0.4 is 10.1 Å². The third kappa shape index (κ3) is 4.24. The molecule has 0 unspecified atom stereocenters. The van der Waals surface area contributed by atoms with E-state index in [1.54, 1.807) is 13.3 Å². The summed E-state index contributed by atoms with van der Waals surface area (Å²) in [6.45, 7) is 1.84. The van der Waals surface area contributed by atoms with Crippen LogP contribution in [0.3, 0.4) is 0 Å². The Bertz CT molecular complexity index is 1170. The van der Waals surface area contributed by atoms with Gasteiger partial charge in [-0.05, 0) is 47.5 Å². The predicted octanol–water partition coefficient (Wildman–Crippen LogP) is 4.80. The molecule has 29 heavy (non-hydrogen) atoms. The topological polar surface area (TPSA) is 64.1 Å². The molecule has 144 valence electrons. The third-order valence-corrected chi connectivity index (χ3v) is 4.77. The summed E-state index contributed by atoms with van der Waals surface area (Å²) in [5.74, 6) is 1.15. The monoisotopic (exact) mass is 383 g/mol. The molecule has 0 spiro atoms. The van der Waals surface area contributed by atoms with E-state index in [0.29, 0.717) is 11.5 Å². The minimum absolute atomic E-state index is 0.116. The highest BCUT2D eigenvalue weighted by atomic mass is 16.5. The second kappa shape index (κ2) is 8.10. The zero-order chi connectivity index (χ0) is 20.2. The highest BCUT2D eigenvalue weighted by molar-refractivity contribution is 5.93. The number of nitrogens with zero attached hydrogens (tertiary/aromatic N) is 2. The molecule has 3 aromatic carbocycles.